The molecule has 2 aromatic rings. The van der Waals surface area contributed by atoms with E-state index >= 15 is 0 Å². The molecule has 2 rings (SSSR count). The number of hydrogen-bond donors (Lipinski definition) is 2. The van der Waals surface area contributed by atoms with Crippen molar-refractivity contribution < 1.29 is 9.90 Å². The van der Waals surface area contributed by atoms with E-state index in [9.17, 15) is 9.90 Å². The van der Waals surface area contributed by atoms with E-state index in [1.807, 2.05) is 63.2 Å². The van der Waals surface area contributed by atoms with Crippen LogP contribution in [-0.2, 0) is 4.79 Å². The first-order valence-electron chi connectivity index (χ1n) is 6.61. The van der Waals surface area contributed by atoms with Gasteiger partial charge in [0, 0.05) is 5.69 Å². The maximum absolute atomic E-state index is 11.6. The Bertz CT molecular complexity index is 635. The number of benzene rings is 2. The van der Waals surface area contributed by atoms with Crippen LogP contribution in [0.25, 0.3) is 0 Å². The average molecular weight is 269 g/mol. The molecule has 1 atom stereocenters. The summed E-state index contributed by atoms with van der Waals surface area (Å²) in [5.74, 6) is -0.873. The lowest BCUT2D eigenvalue weighted by atomic mass is 9.98. The summed E-state index contributed by atoms with van der Waals surface area (Å²) in [5, 5.41) is 12.7. The van der Waals surface area contributed by atoms with Crippen LogP contribution in [-0.4, -0.2) is 11.1 Å². The highest BCUT2D eigenvalue weighted by Gasteiger charge is 2.22. The molecule has 0 aromatic heterocycles. The molecule has 1 unspecified atom stereocenters. The number of nitrogens with one attached hydrogen (secondary N) is 1. The molecule has 0 aliphatic rings. The van der Waals surface area contributed by atoms with Gasteiger partial charge in [0.05, 0.1) is 0 Å². The van der Waals surface area contributed by atoms with Crippen molar-refractivity contribution >= 4 is 11.7 Å². The van der Waals surface area contributed by atoms with Gasteiger partial charge in [0.1, 0.15) is 0 Å². The summed E-state index contributed by atoms with van der Waals surface area (Å²) in [6.45, 7) is 5.87. The molecule has 0 aliphatic carbocycles. The zero-order valence-corrected chi connectivity index (χ0v) is 12.0. The first kappa shape index (κ1) is 14.1. The van der Waals surface area contributed by atoms with Gasteiger partial charge < -0.3 is 10.4 Å². The van der Waals surface area contributed by atoms with E-state index in [0.717, 1.165) is 27.9 Å². The number of hydrogen-bond acceptors (Lipinski definition) is 2. The third-order valence-electron chi connectivity index (χ3n) is 3.44. The summed E-state index contributed by atoms with van der Waals surface area (Å²) in [7, 11) is 0. The molecule has 0 amide bonds. The van der Waals surface area contributed by atoms with Gasteiger partial charge in [-0.1, -0.05) is 42.0 Å². The zero-order valence-electron chi connectivity index (χ0n) is 12.0. The quantitative estimate of drug-likeness (QED) is 0.886. The fourth-order valence-corrected chi connectivity index (χ4v) is 2.23. The third kappa shape index (κ3) is 2.99. The van der Waals surface area contributed by atoms with Crippen LogP contribution in [0.3, 0.4) is 0 Å². The minimum absolute atomic E-state index is 0.740. The van der Waals surface area contributed by atoms with E-state index in [-0.39, 0.29) is 0 Å². The van der Waals surface area contributed by atoms with Crippen LogP contribution in [0.1, 0.15) is 28.3 Å². The number of carbonyl (C=O) groups is 1. The number of carboxylic acids is 1. The van der Waals surface area contributed by atoms with Crippen molar-refractivity contribution in [3.05, 3.63) is 64.7 Å². The number of rotatable bonds is 4. The van der Waals surface area contributed by atoms with E-state index in [1.165, 1.54) is 0 Å². The van der Waals surface area contributed by atoms with Crippen molar-refractivity contribution in [2.45, 2.75) is 26.8 Å². The monoisotopic (exact) mass is 269 g/mol. The Morgan fingerprint density at radius 3 is 2.40 bits per heavy atom. The van der Waals surface area contributed by atoms with E-state index in [2.05, 4.69) is 5.32 Å². The summed E-state index contributed by atoms with van der Waals surface area (Å²) in [6, 6.07) is 12.8. The van der Waals surface area contributed by atoms with Crippen molar-refractivity contribution in [1.29, 1.82) is 0 Å². The van der Waals surface area contributed by atoms with Gasteiger partial charge in [-0.05, 0) is 43.5 Å². The second-order valence-corrected chi connectivity index (χ2v) is 5.09. The number of carboxylic acid groups (broad SMARTS) is 1. The van der Waals surface area contributed by atoms with Gasteiger partial charge >= 0.3 is 5.97 Å². The van der Waals surface area contributed by atoms with Crippen molar-refractivity contribution in [2.75, 3.05) is 5.32 Å². The SMILES string of the molecule is Cc1ccc(C)c(C(Nc2ccccc2C)C(=O)O)c1. The minimum Gasteiger partial charge on any atom is -0.479 e. The van der Waals surface area contributed by atoms with Crippen LogP contribution in [0, 0.1) is 20.8 Å². The van der Waals surface area contributed by atoms with Gasteiger partial charge in [0.15, 0.2) is 6.04 Å². The standard InChI is InChI=1S/C17H19NO2/c1-11-8-9-12(2)14(10-11)16(17(19)20)18-15-7-5-4-6-13(15)3/h4-10,16,18H,1-3H3,(H,19,20). The van der Waals surface area contributed by atoms with Crippen molar-refractivity contribution in [3.63, 3.8) is 0 Å². The lowest BCUT2D eigenvalue weighted by Crippen LogP contribution is -2.22. The van der Waals surface area contributed by atoms with Gasteiger partial charge in [0.25, 0.3) is 0 Å². The lowest BCUT2D eigenvalue weighted by molar-refractivity contribution is -0.138. The maximum Gasteiger partial charge on any atom is 0.330 e. The van der Waals surface area contributed by atoms with Crippen molar-refractivity contribution in [3.8, 4) is 0 Å². The molecule has 0 bridgehead atoms. The van der Waals surface area contributed by atoms with E-state index in [4.69, 9.17) is 0 Å². The molecular formula is C17H19NO2. The highest BCUT2D eigenvalue weighted by molar-refractivity contribution is 5.80. The lowest BCUT2D eigenvalue weighted by Gasteiger charge is -2.20. The Morgan fingerprint density at radius 2 is 1.75 bits per heavy atom. The number of para-hydroxylation sites is 1. The van der Waals surface area contributed by atoms with Crippen LogP contribution in [0.15, 0.2) is 42.5 Å². The summed E-state index contributed by atoms with van der Waals surface area (Å²) in [6.07, 6.45) is 0. The number of anilines is 1. The highest BCUT2D eigenvalue weighted by Crippen LogP contribution is 2.25. The molecule has 3 heteroatoms. The number of aliphatic carboxylic acids is 1. The number of aryl methyl sites for hydroxylation is 3. The largest absolute Gasteiger partial charge is 0.479 e. The summed E-state index contributed by atoms with van der Waals surface area (Å²) in [4.78, 5) is 11.6. The zero-order chi connectivity index (χ0) is 14.7. The van der Waals surface area contributed by atoms with Crippen molar-refractivity contribution in [1.82, 2.24) is 0 Å². The fraction of sp³-hybridized carbons (Fsp3) is 0.235. The average Bonchev–Trinajstić information content (AvgIpc) is 2.40. The normalized spacial score (nSPS) is 11.9. The Morgan fingerprint density at radius 1 is 1.05 bits per heavy atom. The van der Waals surface area contributed by atoms with Crippen LogP contribution in [0.4, 0.5) is 5.69 Å². The minimum atomic E-state index is -0.873. The smallest absolute Gasteiger partial charge is 0.330 e. The molecule has 104 valence electrons. The fourth-order valence-electron chi connectivity index (χ4n) is 2.23. The maximum atomic E-state index is 11.6. The van der Waals surface area contributed by atoms with Gasteiger partial charge in [0.2, 0.25) is 0 Å². The second kappa shape index (κ2) is 5.78. The van der Waals surface area contributed by atoms with Crippen LogP contribution in [0.5, 0.6) is 0 Å². The molecule has 0 fully saturated rings. The summed E-state index contributed by atoms with van der Waals surface area (Å²) >= 11 is 0. The van der Waals surface area contributed by atoms with Gasteiger partial charge in [-0.25, -0.2) is 4.79 Å². The molecule has 0 saturated heterocycles. The molecule has 0 spiro atoms. The molecule has 0 aliphatic heterocycles. The first-order chi connectivity index (χ1) is 9.49. The summed E-state index contributed by atoms with van der Waals surface area (Å²) < 4.78 is 0. The summed E-state index contributed by atoms with van der Waals surface area (Å²) in [5.41, 5.74) is 4.72. The molecule has 2 N–H and O–H groups in total. The Labute approximate surface area is 119 Å². The molecule has 20 heavy (non-hydrogen) atoms. The van der Waals surface area contributed by atoms with Crippen LogP contribution < -0.4 is 5.32 Å². The van der Waals surface area contributed by atoms with Crippen LogP contribution in [0.2, 0.25) is 0 Å². The highest BCUT2D eigenvalue weighted by atomic mass is 16.4. The van der Waals surface area contributed by atoms with Gasteiger partial charge in [-0.2, -0.15) is 0 Å². The Balaban J connectivity index is 2.40. The van der Waals surface area contributed by atoms with Gasteiger partial charge in [-0.15, -0.1) is 0 Å². The third-order valence-corrected chi connectivity index (χ3v) is 3.44. The van der Waals surface area contributed by atoms with Gasteiger partial charge in [-0.3, -0.25) is 0 Å². The van der Waals surface area contributed by atoms with E-state index < -0.39 is 12.0 Å². The molecule has 0 heterocycles. The Kier molecular flexibility index (Phi) is 4.08. The van der Waals surface area contributed by atoms with E-state index in [1.54, 1.807) is 0 Å². The molecule has 0 radical (unpaired) electrons. The molecule has 2 aromatic carbocycles. The second-order valence-electron chi connectivity index (χ2n) is 5.09. The Hall–Kier alpha value is -2.29. The molecule has 3 nitrogen and oxygen atoms in total. The predicted octanol–water partition coefficient (Wildman–Crippen LogP) is 3.85. The topological polar surface area (TPSA) is 49.3 Å². The first-order valence-corrected chi connectivity index (χ1v) is 6.61. The van der Waals surface area contributed by atoms with E-state index in [0.29, 0.717) is 0 Å². The molecule has 0 saturated carbocycles. The molecular weight excluding hydrogens is 250 g/mol. The van der Waals surface area contributed by atoms with Crippen molar-refractivity contribution in [2.24, 2.45) is 0 Å². The predicted molar refractivity (Wildman–Crippen MR) is 81.1 cm³/mol. The van der Waals surface area contributed by atoms with Crippen LogP contribution >= 0.6 is 0 Å².